The largest absolute Gasteiger partial charge is 0.276 e. The van der Waals surface area contributed by atoms with Gasteiger partial charge in [0.25, 0.3) is 10.0 Å². The Morgan fingerprint density at radius 1 is 1.19 bits per heavy atom. The molecule has 2 aliphatic carbocycles. The molecule has 1 aromatic carbocycles. The van der Waals surface area contributed by atoms with Crippen LogP contribution in [0.25, 0.3) is 0 Å². The highest BCUT2D eigenvalue weighted by Gasteiger charge is 2.58. The van der Waals surface area contributed by atoms with Crippen molar-refractivity contribution in [1.29, 1.82) is 0 Å². The lowest BCUT2D eigenvalue weighted by Crippen LogP contribution is -2.21. The van der Waals surface area contributed by atoms with E-state index in [2.05, 4.69) is 23.8 Å². The van der Waals surface area contributed by atoms with Crippen LogP contribution in [-0.4, -0.2) is 14.1 Å². The number of hydrazone groups is 1. The first-order valence-electron chi connectivity index (χ1n) is 7.44. The lowest BCUT2D eigenvalue weighted by molar-refractivity contribution is 0.537. The van der Waals surface area contributed by atoms with Crippen molar-refractivity contribution in [3.05, 3.63) is 29.8 Å². The van der Waals surface area contributed by atoms with Crippen LogP contribution in [-0.2, 0) is 10.0 Å². The molecule has 2 saturated carbocycles. The number of rotatable bonds is 3. The zero-order valence-electron chi connectivity index (χ0n) is 12.8. The summed E-state index contributed by atoms with van der Waals surface area (Å²) < 4.78 is 24.4. The lowest BCUT2D eigenvalue weighted by atomic mass is 9.99. The summed E-state index contributed by atoms with van der Waals surface area (Å²) in [6.07, 6.45) is 2.96. The standard InChI is InChI=1S/C16H22N2O2S/c1-11-4-7-13(8-5-11)21(19,20)18-17-12-6-9-14-15(10-12)16(14,2)3/h4-5,7-8,14-15,18H,6,9-10H2,1-3H3/b17-12-/t14-,15-/m0/s1. The SMILES string of the molecule is Cc1ccc(S(=O)(=O)N/N=C2/CC[C@H]3[C@H](C2)C3(C)C)cc1. The van der Waals surface area contributed by atoms with Crippen LogP contribution in [0, 0.1) is 24.2 Å². The molecule has 0 saturated heterocycles. The maximum Gasteiger partial charge on any atom is 0.276 e. The third-order valence-electron chi connectivity index (χ3n) is 5.14. The molecule has 5 heteroatoms. The van der Waals surface area contributed by atoms with E-state index >= 15 is 0 Å². The topological polar surface area (TPSA) is 58.5 Å². The number of fused-ring (bicyclic) bond motifs is 1. The summed E-state index contributed by atoms with van der Waals surface area (Å²) in [5.41, 5.74) is 2.43. The molecule has 0 aliphatic heterocycles. The molecule has 21 heavy (non-hydrogen) atoms. The average Bonchev–Trinajstić information content (AvgIpc) is 2.99. The van der Waals surface area contributed by atoms with Crippen LogP contribution in [0.4, 0.5) is 0 Å². The number of hydrogen-bond acceptors (Lipinski definition) is 3. The molecule has 0 spiro atoms. The van der Waals surface area contributed by atoms with Crippen molar-refractivity contribution in [2.75, 3.05) is 0 Å². The van der Waals surface area contributed by atoms with Crippen LogP contribution in [0.1, 0.15) is 38.7 Å². The third kappa shape index (κ3) is 2.71. The van der Waals surface area contributed by atoms with E-state index in [4.69, 9.17) is 0 Å². The van der Waals surface area contributed by atoms with Crippen molar-refractivity contribution in [2.45, 2.75) is 44.9 Å². The Hall–Kier alpha value is -1.36. The molecule has 0 aromatic heterocycles. The zero-order chi connectivity index (χ0) is 15.3. The Bertz CT molecular complexity index is 675. The zero-order valence-corrected chi connectivity index (χ0v) is 13.6. The molecule has 0 bridgehead atoms. The van der Waals surface area contributed by atoms with Crippen molar-refractivity contribution < 1.29 is 8.42 Å². The smallest absolute Gasteiger partial charge is 0.200 e. The van der Waals surface area contributed by atoms with Crippen LogP contribution >= 0.6 is 0 Å². The van der Waals surface area contributed by atoms with E-state index in [9.17, 15) is 8.42 Å². The van der Waals surface area contributed by atoms with Gasteiger partial charge in [-0.25, -0.2) is 4.83 Å². The fraction of sp³-hybridized carbons (Fsp3) is 0.562. The summed E-state index contributed by atoms with van der Waals surface area (Å²) in [5, 5.41) is 4.18. The van der Waals surface area contributed by atoms with E-state index in [0.717, 1.165) is 36.5 Å². The lowest BCUT2D eigenvalue weighted by Gasteiger charge is -2.12. The second-order valence-electron chi connectivity index (χ2n) is 6.86. The van der Waals surface area contributed by atoms with Crippen LogP contribution in [0.3, 0.4) is 0 Å². The number of sulfonamides is 1. The predicted molar refractivity (Wildman–Crippen MR) is 83.5 cm³/mol. The summed E-state index contributed by atoms with van der Waals surface area (Å²) >= 11 is 0. The first-order valence-corrected chi connectivity index (χ1v) is 8.93. The van der Waals surface area contributed by atoms with Gasteiger partial charge in [0.05, 0.1) is 4.90 Å². The van der Waals surface area contributed by atoms with Crippen molar-refractivity contribution in [3.8, 4) is 0 Å². The van der Waals surface area contributed by atoms with Gasteiger partial charge in [-0.2, -0.15) is 13.5 Å². The second-order valence-corrected chi connectivity index (χ2v) is 8.52. The van der Waals surface area contributed by atoms with Crippen molar-refractivity contribution in [1.82, 2.24) is 4.83 Å². The van der Waals surface area contributed by atoms with Gasteiger partial charge in [-0.05, 0) is 55.6 Å². The van der Waals surface area contributed by atoms with Crippen LogP contribution in [0.5, 0.6) is 0 Å². The predicted octanol–water partition coefficient (Wildman–Crippen LogP) is 3.09. The van der Waals surface area contributed by atoms with E-state index in [1.54, 1.807) is 24.3 Å². The highest BCUT2D eigenvalue weighted by Crippen LogP contribution is 2.64. The van der Waals surface area contributed by atoms with Gasteiger partial charge >= 0.3 is 0 Å². The highest BCUT2D eigenvalue weighted by atomic mass is 32.2. The van der Waals surface area contributed by atoms with Gasteiger partial charge in [0.2, 0.25) is 0 Å². The third-order valence-corrected chi connectivity index (χ3v) is 6.37. The Morgan fingerprint density at radius 3 is 2.48 bits per heavy atom. The van der Waals surface area contributed by atoms with Crippen LogP contribution < -0.4 is 4.83 Å². The highest BCUT2D eigenvalue weighted by molar-refractivity contribution is 7.89. The van der Waals surface area contributed by atoms with Gasteiger partial charge in [0.1, 0.15) is 0 Å². The second kappa shape index (κ2) is 4.83. The van der Waals surface area contributed by atoms with E-state index in [1.807, 2.05) is 6.92 Å². The van der Waals surface area contributed by atoms with E-state index in [-0.39, 0.29) is 4.90 Å². The van der Waals surface area contributed by atoms with Gasteiger partial charge in [-0.3, -0.25) is 0 Å². The Kier molecular flexibility index (Phi) is 3.35. The molecule has 1 N–H and O–H groups in total. The van der Waals surface area contributed by atoms with Gasteiger partial charge in [0.15, 0.2) is 0 Å². The minimum atomic E-state index is -3.55. The van der Waals surface area contributed by atoms with E-state index in [0.29, 0.717) is 11.3 Å². The fourth-order valence-corrected chi connectivity index (χ4v) is 4.36. The molecule has 0 radical (unpaired) electrons. The molecule has 4 nitrogen and oxygen atoms in total. The molecule has 114 valence electrons. The molecule has 2 atom stereocenters. The Labute approximate surface area is 126 Å². The van der Waals surface area contributed by atoms with Crippen molar-refractivity contribution in [2.24, 2.45) is 22.4 Å². The average molecular weight is 306 g/mol. The quantitative estimate of drug-likeness (QED) is 0.872. The van der Waals surface area contributed by atoms with Gasteiger partial charge in [-0.15, -0.1) is 0 Å². The molecule has 0 heterocycles. The maximum absolute atomic E-state index is 12.2. The monoisotopic (exact) mass is 306 g/mol. The summed E-state index contributed by atoms with van der Waals surface area (Å²) in [5.74, 6) is 1.47. The number of aryl methyl sites for hydroxylation is 1. The molecule has 0 unspecified atom stereocenters. The van der Waals surface area contributed by atoms with Gasteiger partial charge in [-0.1, -0.05) is 31.5 Å². The van der Waals surface area contributed by atoms with E-state index < -0.39 is 10.0 Å². The first-order chi connectivity index (χ1) is 9.80. The molecular weight excluding hydrogens is 284 g/mol. The molecule has 2 aliphatic rings. The molecule has 1 aromatic rings. The normalized spacial score (nSPS) is 29.0. The molecule has 3 rings (SSSR count). The minimum Gasteiger partial charge on any atom is -0.200 e. The van der Waals surface area contributed by atoms with Crippen molar-refractivity contribution >= 4 is 15.7 Å². The van der Waals surface area contributed by atoms with Gasteiger partial charge < -0.3 is 0 Å². The Morgan fingerprint density at radius 2 is 1.86 bits per heavy atom. The van der Waals surface area contributed by atoms with Crippen LogP contribution in [0.2, 0.25) is 0 Å². The Balaban J connectivity index is 1.69. The summed E-state index contributed by atoms with van der Waals surface area (Å²) in [6, 6.07) is 6.80. The molecule has 2 fully saturated rings. The minimum absolute atomic E-state index is 0.262. The summed E-state index contributed by atoms with van der Waals surface area (Å²) in [4.78, 5) is 2.65. The fourth-order valence-electron chi connectivity index (χ4n) is 3.51. The summed E-state index contributed by atoms with van der Waals surface area (Å²) in [6.45, 7) is 6.52. The molecular formula is C16H22N2O2S. The maximum atomic E-state index is 12.2. The van der Waals surface area contributed by atoms with Gasteiger partial charge in [0, 0.05) is 5.71 Å². The number of nitrogens with zero attached hydrogens (tertiary/aromatic N) is 1. The number of nitrogens with one attached hydrogen (secondary N) is 1. The first kappa shape index (κ1) is 14.6. The number of benzene rings is 1. The number of hydrogen-bond donors (Lipinski definition) is 1. The van der Waals surface area contributed by atoms with Crippen LogP contribution in [0.15, 0.2) is 34.3 Å². The van der Waals surface area contributed by atoms with Crippen molar-refractivity contribution in [3.63, 3.8) is 0 Å². The summed E-state index contributed by atoms with van der Waals surface area (Å²) in [7, 11) is -3.55. The molecule has 0 amide bonds. The van der Waals surface area contributed by atoms with E-state index in [1.165, 1.54) is 0 Å².